The fraction of sp³-hybridized carbons (Fsp3) is 0.400. The lowest BCUT2D eigenvalue weighted by atomic mass is 10.2. The van der Waals surface area contributed by atoms with E-state index in [1.165, 1.54) is 10.4 Å². The number of hydrogen-bond acceptors (Lipinski definition) is 4. The van der Waals surface area contributed by atoms with Crippen molar-refractivity contribution in [2.24, 2.45) is 0 Å². The minimum absolute atomic E-state index is 0.247. The first-order valence-electron chi connectivity index (χ1n) is 7.42. The molecule has 2 heterocycles. The molecule has 0 saturated carbocycles. The number of nitrogens with one attached hydrogen (secondary N) is 1. The Morgan fingerprint density at radius 2 is 1.78 bits per heavy atom. The Morgan fingerprint density at radius 1 is 1.13 bits per heavy atom. The Kier molecular flexibility index (Phi) is 4.11. The Morgan fingerprint density at radius 3 is 2.35 bits per heavy atom. The maximum Gasteiger partial charge on any atom is 0.246 e. The zero-order valence-electron chi connectivity index (χ0n) is 13.1. The summed E-state index contributed by atoms with van der Waals surface area (Å²) in [5.41, 5.74) is 1.53. The van der Waals surface area contributed by atoms with E-state index in [1.807, 2.05) is 4.90 Å². The minimum Gasteiger partial charge on any atom is -0.367 e. The van der Waals surface area contributed by atoms with E-state index in [4.69, 9.17) is 0 Å². The predicted octanol–water partition coefficient (Wildman–Crippen LogP) is 1.68. The van der Waals surface area contributed by atoms with Crippen LogP contribution in [0.15, 0.2) is 29.2 Å². The lowest BCUT2D eigenvalue weighted by molar-refractivity contribution is 0.382. The van der Waals surface area contributed by atoms with Crippen LogP contribution in [0.3, 0.4) is 0 Å². The highest BCUT2D eigenvalue weighted by molar-refractivity contribution is 7.89. The molecule has 0 spiro atoms. The van der Waals surface area contributed by atoms with Gasteiger partial charge in [-0.3, -0.25) is 5.10 Å². The van der Waals surface area contributed by atoms with E-state index < -0.39 is 10.0 Å². The van der Waals surface area contributed by atoms with E-state index in [0.29, 0.717) is 43.3 Å². The van der Waals surface area contributed by atoms with E-state index in [-0.39, 0.29) is 10.7 Å². The van der Waals surface area contributed by atoms with Crippen molar-refractivity contribution in [1.82, 2.24) is 14.5 Å². The SMILES string of the molecule is Cc1n[nH]c(C)c1S(=O)(=O)N1CCN(c2ccccc2F)CC1. The van der Waals surface area contributed by atoms with E-state index in [0.717, 1.165) is 0 Å². The van der Waals surface area contributed by atoms with E-state index >= 15 is 0 Å². The summed E-state index contributed by atoms with van der Waals surface area (Å²) >= 11 is 0. The maximum absolute atomic E-state index is 13.8. The molecular formula is C15H19FN4O2S. The van der Waals surface area contributed by atoms with Gasteiger partial charge in [0.1, 0.15) is 10.7 Å². The smallest absolute Gasteiger partial charge is 0.246 e. The number of aryl methyl sites for hydroxylation is 2. The van der Waals surface area contributed by atoms with Gasteiger partial charge in [0.05, 0.1) is 17.1 Å². The van der Waals surface area contributed by atoms with Crippen LogP contribution in [0.4, 0.5) is 10.1 Å². The van der Waals surface area contributed by atoms with Crippen molar-refractivity contribution in [3.8, 4) is 0 Å². The molecule has 0 radical (unpaired) electrons. The number of H-pyrrole nitrogens is 1. The number of aromatic nitrogens is 2. The van der Waals surface area contributed by atoms with Crippen LogP contribution in [-0.4, -0.2) is 49.1 Å². The van der Waals surface area contributed by atoms with Gasteiger partial charge in [-0.15, -0.1) is 0 Å². The van der Waals surface area contributed by atoms with Gasteiger partial charge in [-0.05, 0) is 26.0 Å². The number of aromatic amines is 1. The van der Waals surface area contributed by atoms with Crippen LogP contribution in [0, 0.1) is 19.7 Å². The normalized spacial score (nSPS) is 16.7. The van der Waals surface area contributed by atoms with Gasteiger partial charge in [0.15, 0.2) is 0 Å². The summed E-state index contributed by atoms with van der Waals surface area (Å²) in [6, 6.07) is 6.55. The fourth-order valence-corrected chi connectivity index (χ4v) is 4.68. The average molecular weight is 338 g/mol. The van der Waals surface area contributed by atoms with Gasteiger partial charge in [-0.2, -0.15) is 9.40 Å². The van der Waals surface area contributed by atoms with Gasteiger partial charge in [-0.25, -0.2) is 12.8 Å². The Labute approximate surface area is 135 Å². The minimum atomic E-state index is -3.58. The molecule has 3 rings (SSSR count). The Balaban J connectivity index is 1.78. The molecule has 1 fully saturated rings. The lowest BCUT2D eigenvalue weighted by Crippen LogP contribution is -2.49. The van der Waals surface area contributed by atoms with Crippen LogP contribution in [-0.2, 0) is 10.0 Å². The second-order valence-corrected chi connectivity index (χ2v) is 7.48. The molecule has 1 aliphatic rings. The number of anilines is 1. The van der Waals surface area contributed by atoms with Crippen LogP contribution >= 0.6 is 0 Å². The molecule has 1 aromatic heterocycles. The van der Waals surface area contributed by atoms with E-state index in [9.17, 15) is 12.8 Å². The van der Waals surface area contributed by atoms with Gasteiger partial charge in [-0.1, -0.05) is 12.1 Å². The summed E-state index contributed by atoms with van der Waals surface area (Å²) in [7, 11) is -3.58. The molecule has 6 nitrogen and oxygen atoms in total. The number of nitrogens with zero attached hydrogens (tertiary/aromatic N) is 3. The molecule has 23 heavy (non-hydrogen) atoms. The highest BCUT2D eigenvalue weighted by Crippen LogP contribution is 2.25. The van der Waals surface area contributed by atoms with E-state index in [1.54, 1.807) is 32.0 Å². The molecule has 0 bridgehead atoms. The topological polar surface area (TPSA) is 69.3 Å². The molecular weight excluding hydrogens is 319 g/mol. The third-order valence-corrected chi connectivity index (χ3v) is 6.25. The Bertz CT molecular complexity index is 791. The molecule has 1 aliphatic heterocycles. The molecule has 1 saturated heterocycles. The third-order valence-electron chi connectivity index (χ3n) is 4.09. The van der Waals surface area contributed by atoms with Gasteiger partial charge in [0.2, 0.25) is 10.0 Å². The van der Waals surface area contributed by atoms with Gasteiger partial charge in [0, 0.05) is 26.2 Å². The lowest BCUT2D eigenvalue weighted by Gasteiger charge is -2.35. The molecule has 8 heteroatoms. The van der Waals surface area contributed by atoms with Crippen LogP contribution in [0.25, 0.3) is 0 Å². The number of sulfonamides is 1. The summed E-state index contributed by atoms with van der Waals surface area (Å²) < 4.78 is 40.8. The molecule has 0 atom stereocenters. The molecule has 1 aromatic carbocycles. The molecule has 2 aromatic rings. The van der Waals surface area contributed by atoms with Crippen LogP contribution in [0.2, 0.25) is 0 Å². The molecule has 0 aliphatic carbocycles. The molecule has 0 unspecified atom stereocenters. The van der Waals surface area contributed by atoms with Crippen molar-refractivity contribution in [3.05, 3.63) is 41.5 Å². The number of halogens is 1. The van der Waals surface area contributed by atoms with Crippen molar-refractivity contribution >= 4 is 15.7 Å². The first-order chi connectivity index (χ1) is 10.9. The van der Waals surface area contributed by atoms with Crippen LogP contribution in [0.5, 0.6) is 0 Å². The summed E-state index contributed by atoms with van der Waals surface area (Å²) in [6.45, 7) is 4.92. The monoisotopic (exact) mass is 338 g/mol. The zero-order chi connectivity index (χ0) is 16.6. The first kappa shape index (κ1) is 15.9. The summed E-state index contributed by atoms with van der Waals surface area (Å²) in [6.07, 6.45) is 0. The summed E-state index contributed by atoms with van der Waals surface area (Å²) in [5, 5.41) is 6.67. The van der Waals surface area contributed by atoms with Crippen LogP contribution < -0.4 is 4.90 Å². The van der Waals surface area contributed by atoms with Crippen molar-refractivity contribution in [2.75, 3.05) is 31.1 Å². The predicted molar refractivity (Wildman–Crippen MR) is 85.4 cm³/mol. The number of hydrogen-bond donors (Lipinski definition) is 1. The van der Waals surface area contributed by atoms with Crippen LogP contribution in [0.1, 0.15) is 11.4 Å². The summed E-state index contributed by atoms with van der Waals surface area (Å²) in [5.74, 6) is -0.287. The third kappa shape index (κ3) is 2.84. The second-order valence-electron chi connectivity index (χ2n) is 5.61. The standard InChI is InChI=1S/C15H19FN4O2S/c1-11-15(12(2)18-17-11)23(21,22)20-9-7-19(8-10-20)14-6-4-3-5-13(14)16/h3-6H,7-10H2,1-2H3,(H,17,18). The van der Waals surface area contributed by atoms with Crippen molar-refractivity contribution in [2.45, 2.75) is 18.7 Å². The van der Waals surface area contributed by atoms with Crippen molar-refractivity contribution in [1.29, 1.82) is 0 Å². The average Bonchev–Trinajstić information content (AvgIpc) is 2.87. The van der Waals surface area contributed by atoms with Gasteiger partial charge < -0.3 is 4.90 Å². The highest BCUT2D eigenvalue weighted by atomic mass is 32.2. The number of para-hydroxylation sites is 1. The maximum atomic E-state index is 13.8. The van der Waals surface area contributed by atoms with Gasteiger partial charge >= 0.3 is 0 Å². The highest BCUT2D eigenvalue weighted by Gasteiger charge is 2.32. The first-order valence-corrected chi connectivity index (χ1v) is 8.86. The Hall–Kier alpha value is -1.93. The quantitative estimate of drug-likeness (QED) is 0.924. The van der Waals surface area contributed by atoms with Crippen molar-refractivity contribution in [3.63, 3.8) is 0 Å². The zero-order valence-corrected chi connectivity index (χ0v) is 13.9. The molecule has 1 N–H and O–H groups in total. The number of rotatable bonds is 3. The second kappa shape index (κ2) is 5.93. The van der Waals surface area contributed by atoms with E-state index in [2.05, 4.69) is 10.2 Å². The summed E-state index contributed by atoms with van der Waals surface area (Å²) in [4.78, 5) is 2.12. The largest absolute Gasteiger partial charge is 0.367 e. The molecule has 124 valence electrons. The fourth-order valence-electron chi connectivity index (χ4n) is 2.93. The molecule has 0 amide bonds. The van der Waals surface area contributed by atoms with Crippen molar-refractivity contribution < 1.29 is 12.8 Å². The van der Waals surface area contributed by atoms with Gasteiger partial charge in [0.25, 0.3) is 0 Å². The number of piperazine rings is 1. The number of benzene rings is 1.